The van der Waals surface area contributed by atoms with Gasteiger partial charge < -0.3 is 15.9 Å². The van der Waals surface area contributed by atoms with Gasteiger partial charge in [0.1, 0.15) is 11.8 Å². The number of phenols is 1. The van der Waals surface area contributed by atoms with E-state index in [-0.39, 0.29) is 11.6 Å². The lowest BCUT2D eigenvalue weighted by Crippen LogP contribution is -2.32. The smallest absolute Gasteiger partial charge is 0.320 e. The first-order valence-corrected chi connectivity index (χ1v) is 3.47. The Morgan fingerprint density at radius 3 is 3.15 bits per heavy atom. The fourth-order valence-corrected chi connectivity index (χ4v) is 0.722. The second-order valence-corrected chi connectivity index (χ2v) is 2.37. The topological polar surface area (TPSA) is 83.5 Å². The summed E-state index contributed by atoms with van der Waals surface area (Å²) in [6.07, 6.45) is -1.58. The van der Waals surface area contributed by atoms with Crippen LogP contribution in [0.4, 0.5) is 0 Å². The fourth-order valence-electron chi connectivity index (χ4n) is 0.722. The molecule has 13 heavy (non-hydrogen) atoms. The molecule has 0 saturated heterocycles. The standard InChI is InChI=1S/C9H11NO3/c10-8(9(12)13)5-6-2-1-3-7(11)4-6/h1-4,8,11H,5,10H2,(H,12,13)/t8-/m0/s1/i1D,2D,4D,5D/t5?,8-. The molecule has 0 radical (unpaired) electrons. The minimum Gasteiger partial charge on any atom is -0.508 e. The number of benzene rings is 1. The molecule has 4 nitrogen and oxygen atoms in total. The van der Waals surface area contributed by atoms with Crippen LogP contribution in [0.2, 0.25) is 0 Å². The van der Waals surface area contributed by atoms with Crippen LogP contribution in [0.15, 0.2) is 24.2 Å². The minimum atomic E-state index is -1.62. The number of nitrogens with two attached hydrogens (primary N) is 1. The van der Waals surface area contributed by atoms with Crippen LogP contribution in [0.25, 0.3) is 0 Å². The van der Waals surface area contributed by atoms with Crippen molar-refractivity contribution in [2.45, 2.75) is 12.4 Å². The highest BCUT2D eigenvalue weighted by atomic mass is 16.4. The number of carbonyl (C=O) groups is 1. The Labute approximate surface area is 81.2 Å². The van der Waals surface area contributed by atoms with Gasteiger partial charge in [0.05, 0.1) is 4.11 Å². The van der Waals surface area contributed by atoms with Gasteiger partial charge in [-0.1, -0.05) is 12.1 Å². The highest BCUT2D eigenvalue weighted by Crippen LogP contribution is 2.11. The number of aliphatic carboxylic acids is 1. The van der Waals surface area contributed by atoms with Gasteiger partial charge in [0.15, 0.2) is 0 Å². The van der Waals surface area contributed by atoms with E-state index in [1.807, 2.05) is 0 Å². The van der Waals surface area contributed by atoms with Crippen LogP contribution >= 0.6 is 0 Å². The molecule has 0 saturated carbocycles. The van der Waals surface area contributed by atoms with E-state index in [1.165, 1.54) is 0 Å². The average Bonchev–Trinajstić information content (AvgIpc) is 2.25. The van der Waals surface area contributed by atoms with Crippen molar-refractivity contribution in [3.63, 3.8) is 0 Å². The van der Waals surface area contributed by atoms with Crippen molar-refractivity contribution >= 4 is 5.97 Å². The third-order valence-electron chi connectivity index (χ3n) is 1.31. The zero-order chi connectivity index (χ0) is 13.3. The third-order valence-corrected chi connectivity index (χ3v) is 1.31. The molecule has 1 aromatic carbocycles. The summed E-state index contributed by atoms with van der Waals surface area (Å²) < 4.78 is 29.9. The summed E-state index contributed by atoms with van der Waals surface area (Å²) in [6, 6.07) is -2.12. The quantitative estimate of drug-likeness (QED) is 0.634. The maximum atomic E-state index is 10.6. The van der Waals surface area contributed by atoms with Crippen molar-refractivity contribution in [3.05, 3.63) is 29.8 Å². The summed E-state index contributed by atoms with van der Waals surface area (Å²) in [6.45, 7) is 0. The van der Waals surface area contributed by atoms with E-state index in [1.54, 1.807) is 0 Å². The predicted octanol–water partition coefficient (Wildman–Crippen LogP) is 0.347. The van der Waals surface area contributed by atoms with E-state index in [2.05, 4.69) is 0 Å². The number of rotatable bonds is 3. The third kappa shape index (κ3) is 2.76. The molecule has 4 N–H and O–H groups in total. The molecule has 0 spiro atoms. The first-order chi connectivity index (χ1) is 7.77. The summed E-state index contributed by atoms with van der Waals surface area (Å²) in [5.74, 6) is -2.02. The van der Waals surface area contributed by atoms with Crippen LogP contribution in [0.3, 0.4) is 0 Å². The normalized spacial score (nSPS) is 19.2. The van der Waals surface area contributed by atoms with E-state index < -0.39 is 36.2 Å². The van der Waals surface area contributed by atoms with Crippen molar-refractivity contribution in [3.8, 4) is 5.75 Å². The van der Waals surface area contributed by atoms with E-state index in [4.69, 9.17) is 16.3 Å². The number of phenolic OH excluding ortho intramolecular Hbond substituents is 1. The average molecular weight is 185 g/mol. The van der Waals surface area contributed by atoms with Gasteiger partial charge in [0.25, 0.3) is 0 Å². The van der Waals surface area contributed by atoms with Gasteiger partial charge in [-0.25, -0.2) is 0 Å². The number of carboxylic acids is 1. The lowest BCUT2D eigenvalue weighted by atomic mass is 10.1. The number of aromatic hydroxyl groups is 1. The summed E-state index contributed by atoms with van der Waals surface area (Å²) in [5, 5.41) is 18.0. The molecule has 0 heterocycles. The van der Waals surface area contributed by atoms with Crippen molar-refractivity contribution < 1.29 is 20.5 Å². The highest BCUT2D eigenvalue weighted by Gasteiger charge is 2.11. The Morgan fingerprint density at radius 1 is 1.85 bits per heavy atom. The molecule has 1 rings (SSSR count). The van der Waals surface area contributed by atoms with Gasteiger partial charge in [0.2, 0.25) is 0 Å². The molecular weight excluding hydrogens is 170 g/mol. The summed E-state index contributed by atoms with van der Waals surface area (Å²) >= 11 is 0. The maximum absolute atomic E-state index is 10.6. The van der Waals surface area contributed by atoms with Crippen LogP contribution in [-0.2, 0) is 11.2 Å². The Morgan fingerprint density at radius 2 is 2.54 bits per heavy atom. The molecule has 0 aliphatic heterocycles. The van der Waals surface area contributed by atoms with Crippen LogP contribution in [-0.4, -0.2) is 22.2 Å². The molecule has 0 amide bonds. The van der Waals surface area contributed by atoms with E-state index in [0.717, 1.165) is 6.07 Å². The molecule has 1 unspecified atom stereocenters. The van der Waals surface area contributed by atoms with Crippen LogP contribution in [0, 0.1) is 0 Å². The molecule has 70 valence electrons. The van der Waals surface area contributed by atoms with Gasteiger partial charge in [-0.05, 0) is 24.1 Å². The Bertz CT molecular complexity index is 440. The lowest BCUT2D eigenvalue weighted by molar-refractivity contribution is -0.138. The Balaban J connectivity index is 3.35. The van der Waals surface area contributed by atoms with Crippen LogP contribution < -0.4 is 5.73 Å². The largest absolute Gasteiger partial charge is 0.508 e. The maximum Gasteiger partial charge on any atom is 0.320 e. The molecule has 0 aliphatic carbocycles. The molecule has 1 aromatic rings. The van der Waals surface area contributed by atoms with Gasteiger partial charge in [0, 0.05) is 1.37 Å². The summed E-state index contributed by atoms with van der Waals surface area (Å²) in [5.41, 5.74) is 4.88. The van der Waals surface area contributed by atoms with Gasteiger partial charge >= 0.3 is 5.97 Å². The fraction of sp³-hybridized carbons (Fsp3) is 0.222. The molecule has 0 aliphatic rings. The monoisotopic (exact) mass is 185 g/mol. The number of carboxylic acid groups (broad SMARTS) is 1. The SMILES string of the molecule is [2H]c1cc(O)c([2H])c(C([2H])[C@H](N)C(=O)O)c1[2H]. The Kier molecular flexibility index (Phi) is 1.58. The number of hydrogen-bond acceptors (Lipinski definition) is 3. The minimum absolute atomic E-state index is 0.357. The van der Waals surface area contributed by atoms with Gasteiger partial charge in [-0.2, -0.15) is 0 Å². The van der Waals surface area contributed by atoms with Crippen molar-refractivity contribution in [2.75, 3.05) is 0 Å². The number of hydrogen-bond donors (Lipinski definition) is 3. The van der Waals surface area contributed by atoms with Crippen molar-refractivity contribution in [1.29, 1.82) is 0 Å². The zero-order valence-corrected chi connectivity index (χ0v) is 6.61. The first-order valence-electron chi connectivity index (χ1n) is 5.55. The lowest BCUT2D eigenvalue weighted by Gasteiger charge is -2.05. The molecular formula is C9H11NO3. The molecule has 4 heteroatoms. The van der Waals surface area contributed by atoms with E-state index in [0.29, 0.717) is 0 Å². The molecule has 2 atom stereocenters. The van der Waals surface area contributed by atoms with Gasteiger partial charge in [-0.3, -0.25) is 4.79 Å². The summed E-state index contributed by atoms with van der Waals surface area (Å²) in [7, 11) is 0. The van der Waals surface area contributed by atoms with Crippen LogP contribution in [0.1, 0.15) is 11.0 Å². The van der Waals surface area contributed by atoms with E-state index in [9.17, 15) is 9.90 Å². The second-order valence-electron chi connectivity index (χ2n) is 2.37. The molecule has 0 fully saturated rings. The highest BCUT2D eigenvalue weighted by molar-refractivity contribution is 5.73. The second kappa shape index (κ2) is 3.91. The molecule has 0 bridgehead atoms. The van der Waals surface area contributed by atoms with Crippen molar-refractivity contribution in [2.24, 2.45) is 5.73 Å². The van der Waals surface area contributed by atoms with Gasteiger partial charge in [-0.15, -0.1) is 0 Å². The first kappa shape index (κ1) is 5.24. The Hall–Kier alpha value is -1.55. The molecule has 0 aromatic heterocycles. The van der Waals surface area contributed by atoms with Crippen LogP contribution in [0.5, 0.6) is 5.75 Å². The summed E-state index contributed by atoms with van der Waals surface area (Å²) in [4.78, 5) is 10.6. The predicted molar refractivity (Wildman–Crippen MR) is 47.4 cm³/mol. The van der Waals surface area contributed by atoms with E-state index >= 15 is 0 Å². The zero-order valence-electron chi connectivity index (χ0n) is 10.6. The van der Waals surface area contributed by atoms with Crippen molar-refractivity contribution in [1.82, 2.24) is 0 Å².